The van der Waals surface area contributed by atoms with Gasteiger partial charge in [0.25, 0.3) is 0 Å². The maximum Gasteiger partial charge on any atom is 0.203 e. The van der Waals surface area contributed by atoms with Gasteiger partial charge in [-0.25, -0.2) is 4.98 Å². The number of nitrogens with zero attached hydrogens (tertiary/aromatic N) is 2. The van der Waals surface area contributed by atoms with Crippen LogP contribution in [0.1, 0.15) is 6.23 Å². The number of fused-ring (bicyclic) bond motifs is 1. The molecule has 4 N–H and O–H groups in total. The molecule has 4 atom stereocenters. The van der Waals surface area contributed by atoms with Gasteiger partial charge in [-0.15, -0.1) is 0 Å². The fourth-order valence-corrected chi connectivity index (χ4v) is 2.52. The molecule has 3 rings (SSSR count). The highest BCUT2D eigenvalue weighted by Gasteiger charge is 2.43. The first-order chi connectivity index (χ1) is 9.51. The van der Waals surface area contributed by atoms with Gasteiger partial charge < -0.3 is 25.0 Å². The van der Waals surface area contributed by atoms with Gasteiger partial charge in [0.1, 0.15) is 24.0 Å². The van der Waals surface area contributed by atoms with Crippen molar-refractivity contribution in [2.24, 2.45) is 0 Å². The fraction of sp³-hybridized carbons (Fsp3) is 0.455. The van der Waals surface area contributed by atoms with Crippen molar-refractivity contribution in [2.45, 2.75) is 24.5 Å². The second kappa shape index (κ2) is 4.86. The van der Waals surface area contributed by atoms with E-state index in [1.54, 1.807) is 0 Å². The van der Waals surface area contributed by atoms with Crippen LogP contribution in [0.15, 0.2) is 12.3 Å². The highest BCUT2D eigenvalue weighted by molar-refractivity contribution is 7.71. The van der Waals surface area contributed by atoms with Gasteiger partial charge in [0.05, 0.1) is 6.61 Å². The molecule has 0 aromatic carbocycles. The van der Waals surface area contributed by atoms with Crippen molar-refractivity contribution in [2.75, 3.05) is 6.61 Å². The van der Waals surface area contributed by atoms with Gasteiger partial charge in [0.2, 0.25) is 4.77 Å². The molecule has 20 heavy (non-hydrogen) atoms. The van der Waals surface area contributed by atoms with Crippen LogP contribution in [0.3, 0.4) is 0 Å². The van der Waals surface area contributed by atoms with Gasteiger partial charge in [0.15, 0.2) is 12.2 Å². The molecule has 1 aliphatic rings. The molecule has 7 nitrogen and oxygen atoms in total. The van der Waals surface area contributed by atoms with Crippen LogP contribution in [0.5, 0.6) is 0 Å². The van der Waals surface area contributed by atoms with Gasteiger partial charge >= 0.3 is 0 Å². The van der Waals surface area contributed by atoms with Crippen molar-refractivity contribution in [1.29, 1.82) is 0 Å². The van der Waals surface area contributed by atoms with Crippen LogP contribution in [0.2, 0.25) is 0 Å². The molecule has 1 saturated heterocycles. The van der Waals surface area contributed by atoms with Crippen LogP contribution in [-0.2, 0) is 4.74 Å². The first-order valence-corrected chi connectivity index (χ1v) is 6.32. The molecule has 0 aliphatic carbocycles. The van der Waals surface area contributed by atoms with E-state index in [0.29, 0.717) is 5.39 Å². The van der Waals surface area contributed by atoms with Crippen molar-refractivity contribution < 1.29 is 24.4 Å². The minimum Gasteiger partial charge on any atom is -0.394 e. The van der Waals surface area contributed by atoms with Gasteiger partial charge in [-0.2, -0.15) is 4.39 Å². The lowest BCUT2D eigenvalue weighted by atomic mass is 10.1. The van der Waals surface area contributed by atoms with Crippen molar-refractivity contribution in [3.05, 3.63) is 23.0 Å². The van der Waals surface area contributed by atoms with Crippen LogP contribution in [-0.4, -0.2) is 54.8 Å². The smallest absolute Gasteiger partial charge is 0.203 e. The highest BCUT2D eigenvalue weighted by Crippen LogP contribution is 2.30. The molecule has 1 unspecified atom stereocenters. The van der Waals surface area contributed by atoms with Crippen LogP contribution < -0.4 is 0 Å². The first kappa shape index (κ1) is 13.6. The molecule has 1 aliphatic heterocycles. The molecule has 0 radical (unpaired) electrons. The summed E-state index contributed by atoms with van der Waals surface area (Å²) in [4.78, 5) is 6.40. The summed E-state index contributed by atoms with van der Waals surface area (Å²) < 4.78 is 19.9. The average Bonchev–Trinajstić information content (AvgIpc) is 2.89. The lowest BCUT2D eigenvalue weighted by Gasteiger charge is -2.18. The second-order valence-corrected chi connectivity index (χ2v) is 4.95. The van der Waals surface area contributed by atoms with E-state index < -0.39 is 37.1 Å². The molecule has 3 heterocycles. The summed E-state index contributed by atoms with van der Waals surface area (Å²) in [7, 11) is 0. The van der Waals surface area contributed by atoms with Gasteiger partial charge in [-0.3, -0.25) is 4.57 Å². The van der Waals surface area contributed by atoms with Gasteiger partial charge in [-0.1, -0.05) is 0 Å². The molecule has 0 spiro atoms. The monoisotopic (exact) mass is 301 g/mol. The normalized spacial score (nSPS) is 30.2. The Labute approximate surface area is 117 Å². The van der Waals surface area contributed by atoms with Crippen molar-refractivity contribution in [3.63, 3.8) is 0 Å². The average molecular weight is 301 g/mol. The third kappa shape index (κ3) is 2.03. The summed E-state index contributed by atoms with van der Waals surface area (Å²) in [5.74, 6) is -0.555. The minimum atomic E-state index is -1.26. The Morgan fingerprint density at radius 2 is 2.20 bits per heavy atom. The Balaban J connectivity index is 2.06. The van der Waals surface area contributed by atoms with E-state index in [1.807, 2.05) is 0 Å². The van der Waals surface area contributed by atoms with E-state index in [1.165, 1.54) is 16.8 Å². The lowest BCUT2D eigenvalue weighted by Crippen LogP contribution is -2.33. The van der Waals surface area contributed by atoms with Crippen LogP contribution in [0.4, 0.5) is 4.39 Å². The fourth-order valence-electron chi connectivity index (χ4n) is 2.27. The van der Waals surface area contributed by atoms with E-state index >= 15 is 0 Å². The lowest BCUT2D eigenvalue weighted by molar-refractivity contribution is -0.0538. The van der Waals surface area contributed by atoms with Crippen LogP contribution in [0.25, 0.3) is 11.0 Å². The van der Waals surface area contributed by atoms with E-state index in [-0.39, 0.29) is 10.4 Å². The zero-order valence-corrected chi connectivity index (χ0v) is 10.9. The van der Waals surface area contributed by atoms with Gasteiger partial charge in [0, 0.05) is 17.6 Å². The molecule has 108 valence electrons. The van der Waals surface area contributed by atoms with E-state index in [9.17, 15) is 14.6 Å². The summed E-state index contributed by atoms with van der Waals surface area (Å²) in [5, 5.41) is 29.2. The molecular weight excluding hydrogens is 289 g/mol. The number of ether oxygens (including phenoxy) is 1. The standard InChI is InChI=1S/C11H12FN3O4S/c12-6-1-4-2-15(11(20)14-9(4)13-6)10-8(18)7(17)5(3-16)19-10/h1-2,5,7-8,10,16-18H,3H2,(H,13,14,20)/t5-,7?,8+,10-/m1/s1. The molecule has 2 aromatic rings. The molecule has 9 heteroatoms. The van der Waals surface area contributed by atoms with E-state index in [2.05, 4.69) is 9.97 Å². The number of halogens is 1. The molecule has 0 amide bonds. The van der Waals surface area contributed by atoms with E-state index in [0.717, 1.165) is 0 Å². The third-order valence-corrected chi connectivity index (χ3v) is 3.59. The molecule has 1 fully saturated rings. The maximum absolute atomic E-state index is 13.1. The number of aliphatic hydroxyl groups excluding tert-OH is 3. The largest absolute Gasteiger partial charge is 0.394 e. The molecule has 0 saturated carbocycles. The number of hydrogen-bond acceptors (Lipinski definition) is 6. The molecule has 0 bridgehead atoms. The Bertz CT molecular complexity index is 703. The quantitative estimate of drug-likeness (QED) is 0.575. The Morgan fingerprint density at radius 1 is 1.45 bits per heavy atom. The van der Waals surface area contributed by atoms with Crippen molar-refractivity contribution in [3.8, 4) is 0 Å². The summed E-state index contributed by atoms with van der Waals surface area (Å²) >= 11 is 5.07. The predicted octanol–water partition coefficient (Wildman–Crippen LogP) is -0.156. The first-order valence-electron chi connectivity index (χ1n) is 5.91. The van der Waals surface area contributed by atoms with Gasteiger partial charge in [-0.05, 0) is 12.2 Å². The summed E-state index contributed by atoms with van der Waals surface area (Å²) in [5.41, 5.74) is 0.287. The summed E-state index contributed by atoms with van der Waals surface area (Å²) in [6.45, 7) is -0.434. The topological polar surface area (TPSA) is 104 Å². The molecular formula is C11H12FN3O4S. The summed E-state index contributed by atoms with van der Waals surface area (Å²) in [6, 6.07) is 1.23. The second-order valence-electron chi connectivity index (χ2n) is 4.58. The van der Waals surface area contributed by atoms with Crippen molar-refractivity contribution in [1.82, 2.24) is 14.5 Å². The minimum absolute atomic E-state index is 0.0641. The third-order valence-electron chi connectivity index (χ3n) is 3.29. The maximum atomic E-state index is 13.1. The number of H-pyrrole nitrogens is 1. The predicted molar refractivity (Wildman–Crippen MR) is 67.9 cm³/mol. The van der Waals surface area contributed by atoms with Crippen molar-refractivity contribution >= 4 is 23.3 Å². The number of aromatic amines is 1. The number of nitrogens with one attached hydrogen (secondary N) is 1. The highest BCUT2D eigenvalue weighted by atomic mass is 32.1. The Hall–Kier alpha value is -1.39. The zero-order chi connectivity index (χ0) is 14.4. The molecule has 2 aromatic heterocycles. The number of aromatic nitrogens is 3. The summed E-state index contributed by atoms with van der Waals surface area (Å²) in [6.07, 6.45) is -2.91. The SMILES string of the molecule is OC[C@H]1O[C@@H](n2cc3cc(F)[nH]c3nc2=S)[C@@H](O)C1O. The zero-order valence-electron chi connectivity index (χ0n) is 10.1. The van der Waals surface area contributed by atoms with Crippen LogP contribution in [0, 0.1) is 10.7 Å². The Kier molecular flexibility index (Phi) is 3.30. The Morgan fingerprint density at radius 3 is 2.85 bits per heavy atom. The number of aliphatic hydroxyl groups is 3. The van der Waals surface area contributed by atoms with Crippen LogP contribution >= 0.6 is 12.2 Å². The van der Waals surface area contributed by atoms with E-state index in [4.69, 9.17) is 22.1 Å². The number of rotatable bonds is 2. The number of hydrogen-bond donors (Lipinski definition) is 4.